The number of ether oxygens (including phenoxy) is 1. The zero-order valence-electron chi connectivity index (χ0n) is 10.3. The molecule has 1 unspecified atom stereocenters. The predicted octanol–water partition coefficient (Wildman–Crippen LogP) is 0.634. The number of halogens is 1. The molecule has 0 radical (unpaired) electrons. The lowest BCUT2D eigenvalue weighted by atomic mass is 10.1. The third-order valence-electron chi connectivity index (χ3n) is 2.89. The Balaban J connectivity index is 2.19. The Labute approximate surface area is 109 Å². The van der Waals surface area contributed by atoms with Crippen molar-refractivity contribution >= 4 is 23.2 Å². The molecule has 1 aromatic rings. The Bertz CT molecular complexity index is 533. The molecule has 2 rings (SSSR count). The number of nitrogens with one attached hydrogen (secondary N) is 2. The molecule has 2 amide bonds. The third-order valence-corrected chi connectivity index (χ3v) is 2.89. The van der Waals surface area contributed by atoms with E-state index >= 15 is 0 Å². The first-order valence-corrected chi connectivity index (χ1v) is 5.74. The number of carbonyl (C=O) groups excluding carboxylic acids is 2. The molecular formula is C12H14FN3O3. The molecule has 1 aliphatic rings. The molecule has 0 aliphatic carbocycles. The number of anilines is 2. The molecule has 1 aliphatic heterocycles. The van der Waals surface area contributed by atoms with Gasteiger partial charge in [-0.3, -0.25) is 14.9 Å². The quantitative estimate of drug-likeness (QED) is 0.552. The smallest absolute Gasteiger partial charge is 0.249 e. The van der Waals surface area contributed by atoms with E-state index in [4.69, 9.17) is 10.5 Å². The summed E-state index contributed by atoms with van der Waals surface area (Å²) in [5.74, 6) is -1.05. The molecule has 1 saturated heterocycles. The van der Waals surface area contributed by atoms with Crippen LogP contribution in [0.2, 0.25) is 0 Å². The van der Waals surface area contributed by atoms with Gasteiger partial charge in [0.25, 0.3) is 0 Å². The second-order valence-corrected chi connectivity index (χ2v) is 4.22. The topological polar surface area (TPSA) is 93.5 Å². The van der Waals surface area contributed by atoms with Gasteiger partial charge in [0.2, 0.25) is 11.8 Å². The zero-order chi connectivity index (χ0) is 14.0. The van der Waals surface area contributed by atoms with E-state index in [1.54, 1.807) is 0 Å². The number of carbonyl (C=O) groups is 2. The van der Waals surface area contributed by atoms with Crippen LogP contribution in [0.3, 0.4) is 0 Å². The molecule has 4 N–H and O–H groups in total. The van der Waals surface area contributed by atoms with Crippen molar-refractivity contribution in [3.63, 3.8) is 0 Å². The fourth-order valence-corrected chi connectivity index (χ4v) is 1.88. The average Bonchev–Trinajstić information content (AvgIpc) is 2.35. The van der Waals surface area contributed by atoms with Gasteiger partial charge in [-0.2, -0.15) is 0 Å². The van der Waals surface area contributed by atoms with Gasteiger partial charge in [0.1, 0.15) is 17.6 Å². The number of amides is 2. The summed E-state index contributed by atoms with van der Waals surface area (Å²) in [4.78, 5) is 22.6. The number of rotatable bonds is 3. The summed E-state index contributed by atoms with van der Waals surface area (Å²) in [6.07, 6.45) is 0.536. The van der Waals surface area contributed by atoms with E-state index < -0.39 is 17.8 Å². The Morgan fingerprint density at radius 3 is 2.84 bits per heavy atom. The van der Waals surface area contributed by atoms with E-state index in [1.807, 2.05) is 0 Å². The number of nitrogens with two attached hydrogens (primary N) is 1. The number of nitrogen functional groups attached to an aromatic ring is 1. The van der Waals surface area contributed by atoms with E-state index in [0.717, 1.165) is 6.07 Å². The molecule has 6 nitrogen and oxygen atoms in total. The number of benzene rings is 1. The highest BCUT2D eigenvalue weighted by Gasteiger charge is 2.27. The van der Waals surface area contributed by atoms with E-state index in [2.05, 4.69) is 10.6 Å². The van der Waals surface area contributed by atoms with Gasteiger partial charge in [-0.1, -0.05) is 0 Å². The van der Waals surface area contributed by atoms with Crippen molar-refractivity contribution in [1.29, 1.82) is 0 Å². The Morgan fingerprint density at radius 2 is 2.21 bits per heavy atom. The number of imide groups is 1. The van der Waals surface area contributed by atoms with Gasteiger partial charge in [0.15, 0.2) is 0 Å². The lowest BCUT2D eigenvalue weighted by Crippen LogP contribution is -2.47. The highest BCUT2D eigenvalue weighted by Crippen LogP contribution is 2.29. The van der Waals surface area contributed by atoms with Crippen molar-refractivity contribution in [2.75, 3.05) is 18.2 Å². The SMILES string of the molecule is COc1cc(NC2CCC(=O)NC2=O)c(F)cc1N. The molecule has 0 spiro atoms. The molecule has 7 heteroatoms. The standard InChI is InChI=1S/C12H14FN3O3/c1-19-10-5-9(6(13)4-7(10)14)15-8-2-3-11(17)16-12(8)18/h4-5,8,15H,2-3,14H2,1H3,(H,16,17,18). The van der Waals surface area contributed by atoms with Crippen LogP contribution in [0.15, 0.2) is 12.1 Å². The number of hydrogen-bond acceptors (Lipinski definition) is 5. The van der Waals surface area contributed by atoms with Crippen molar-refractivity contribution in [2.24, 2.45) is 0 Å². The lowest BCUT2D eigenvalue weighted by Gasteiger charge is -2.23. The monoisotopic (exact) mass is 267 g/mol. The first-order valence-electron chi connectivity index (χ1n) is 5.74. The van der Waals surface area contributed by atoms with Gasteiger partial charge in [-0.05, 0) is 6.42 Å². The van der Waals surface area contributed by atoms with Crippen LogP contribution in [-0.2, 0) is 9.59 Å². The maximum atomic E-state index is 13.7. The molecule has 1 heterocycles. The van der Waals surface area contributed by atoms with Gasteiger partial charge in [-0.15, -0.1) is 0 Å². The molecular weight excluding hydrogens is 253 g/mol. The van der Waals surface area contributed by atoms with Crippen molar-refractivity contribution in [2.45, 2.75) is 18.9 Å². The molecule has 1 fully saturated rings. The molecule has 1 atom stereocenters. The molecule has 0 bridgehead atoms. The summed E-state index contributed by atoms with van der Waals surface area (Å²) in [6.45, 7) is 0. The summed E-state index contributed by atoms with van der Waals surface area (Å²) < 4.78 is 18.7. The van der Waals surface area contributed by atoms with Gasteiger partial charge >= 0.3 is 0 Å². The van der Waals surface area contributed by atoms with E-state index in [-0.39, 0.29) is 23.7 Å². The van der Waals surface area contributed by atoms with Crippen LogP contribution in [0.4, 0.5) is 15.8 Å². The molecule has 102 valence electrons. The van der Waals surface area contributed by atoms with Crippen molar-refractivity contribution < 1.29 is 18.7 Å². The fraction of sp³-hybridized carbons (Fsp3) is 0.333. The van der Waals surface area contributed by atoms with Crippen LogP contribution in [0, 0.1) is 5.82 Å². The first-order chi connectivity index (χ1) is 9.01. The first kappa shape index (κ1) is 13.1. The minimum absolute atomic E-state index is 0.112. The van der Waals surface area contributed by atoms with Crippen LogP contribution < -0.4 is 21.1 Å². The molecule has 19 heavy (non-hydrogen) atoms. The Kier molecular flexibility index (Phi) is 3.55. The van der Waals surface area contributed by atoms with E-state index in [1.165, 1.54) is 13.2 Å². The largest absolute Gasteiger partial charge is 0.495 e. The van der Waals surface area contributed by atoms with Crippen LogP contribution in [-0.4, -0.2) is 25.0 Å². The van der Waals surface area contributed by atoms with Crippen LogP contribution in [0.25, 0.3) is 0 Å². The second kappa shape index (κ2) is 5.13. The summed E-state index contributed by atoms with van der Waals surface area (Å²) in [5.41, 5.74) is 5.85. The molecule has 1 aromatic carbocycles. The summed E-state index contributed by atoms with van der Waals surface area (Å²) in [6, 6.07) is 1.85. The number of methoxy groups -OCH3 is 1. The van der Waals surface area contributed by atoms with Crippen molar-refractivity contribution in [3.05, 3.63) is 17.9 Å². The normalized spacial score (nSPS) is 18.9. The Hall–Kier alpha value is -2.31. The average molecular weight is 267 g/mol. The minimum Gasteiger partial charge on any atom is -0.495 e. The lowest BCUT2D eigenvalue weighted by molar-refractivity contribution is -0.133. The predicted molar refractivity (Wildman–Crippen MR) is 67.2 cm³/mol. The van der Waals surface area contributed by atoms with Gasteiger partial charge in [0.05, 0.1) is 18.5 Å². The van der Waals surface area contributed by atoms with E-state index in [9.17, 15) is 14.0 Å². The molecule has 0 aromatic heterocycles. The fourth-order valence-electron chi connectivity index (χ4n) is 1.88. The van der Waals surface area contributed by atoms with Crippen LogP contribution in [0.1, 0.15) is 12.8 Å². The van der Waals surface area contributed by atoms with Gasteiger partial charge in [0, 0.05) is 18.6 Å². The third kappa shape index (κ3) is 2.75. The van der Waals surface area contributed by atoms with Gasteiger partial charge < -0.3 is 15.8 Å². The zero-order valence-corrected chi connectivity index (χ0v) is 10.3. The van der Waals surface area contributed by atoms with Crippen molar-refractivity contribution in [1.82, 2.24) is 5.32 Å². The Morgan fingerprint density at radius 1 is 1.47 bits per heavy atom. The number of hydrogen-bond donors (Lipinski definition) is 3. The van der Waals surface area contributed by atoms with Crippen LogP contribution in [0.5, 0.6) is 5.75 Å². The maximum Gasteiger partial charge on any atom is 0.249 e. The minimum atomic E-state index is -0.652. The van der Waals surface area contributed by atoms with E-state index in [0.29, 0.717) is 12.2 Å². The highest BCUT2D eigenvalue weighted by atomic mass is 19.1. The second-order valence-electron chi connectivity index (χ2n) is 4.22. The number of piperidine rings is 1. The molecule has 0 saturated carbocycles. The summed E-state index contributed by atoms with van der Waals surface area (Å²) in [5, 5.41) is 4.94. The maximum absolute atomic E-state index is 13.7. The summed E-state index contributed by atoms with van der Waals surface area (Å²) >= 11 is 0. The summed E-state index contributed by atoms with van der Waals surface area (Å²) in [7, 11) is 1.42. The highest BCUT2D eigenvalue weighted by molar-refractivity contribution is 6.01. The van der Waals surface area contributed by atoms with Crippen LogP contribution >= 0.6 is 0 Å². The van der Waals surface area contributed by atoms with Gasteiger partial charge in [-0.25, -0.2) is 4.39 Å². The van der Waals surface area contributed by atoms with Crippen molar-refractivity contribution in [3.8, 4) is 5.75 Å².